The molecule has 212 valence electrons. The van der Waals surface area contributed by atoms with Crippen LogP contribution in [-0.4, -0.2) is 54.9 Å². The quantitative estimate of drug-likeness (QED) is 0.251. The van der Waals surface area contributed by atoms with Crippen molar-refractivity contribution in [1.29, 1.82) is 0 Å². The predicted octanol–water partition coefficient (Wildman–Crippen LogP) is 6.06. The fraction of sp³-hybridized carbons (Fsp3) is 0.226. The number of carboxylic acid groups (broad SMARTS) is 1. The van der Waals surface area contributed by atoms with Gasteiger partial charge in [0.2, 0.25) is 15.9 Å². The molecule has 0 radical (unpaired) electrons. The van der Waals surface area contributed by atoms with Crippen LogP contribution in [0, 0.1) is 0 Å². The van der Waals surface area contributed by atoms with E-state index in [1.165, 1.54) is 4.90 Å². The maximum Gasteiger partial charge on any atom is 0.412 e. The fourth-order valence-corrected chi connectivity index (χ4v) is 5.65. The van der Waals surface area contributed by atoms with Crippen molar-refractivity contribution in [2.24, 2.45) is 0 Å². The first-order valence-corrected chi connectivity index (χ1v) is 15.2. The highest BCUT2D eigenvalue weighted by Crippen LogP contribution is 2.34. The normalized spacial score (nSPS) is 14.4. The lowest BCUT2D eigenvalue weighted by Crippen LogP contribution is -2.47. The van der Waals surface area contributed by atoms with Crippen molar-refractivity contribution in [3.8, 4) is 22.8 Å². The molecule has 3 aromatic carbocycles. The molecule has 1 aliphatic heterocycles. The molecule has 10 heteroatoms. The molecular formula is C31H32N4O5S. The Morgan fingerprint density at radius 3 is 2.29 bits per heavy atom. The van der Waals surface area contributed by atoms with Gasteiger partial charge in [-0.25, -0.2) is 18.2 Å². The number of para-hydroxylation sites is 1. The number of amides is 1. The van der Waals surface area contributed by atoms with E-state index in [1.807, 2.05) is 60.7 Å². The highest BCUT2D eigenvalue weighted by Gasteiger charge is 2.30. The molecule has 0 atom stereocenters. The molecule has 0 aliphatic carbocycles. The van der Waals surface area contributed by atoms with Gasteiger partial charge in [0.25, 0.3) is 0 Å². The van der Waals surface area contributed by atoms with Gasteiger partial charge in [-0.3, -0.25) is 14.5 Å². The van der Waals surface area contributed by atoms with Gasteiger partial charge in [0, 0.05) is 49.2 Å². The van der Waals surface area contributed by atoms with Crippen LogP contribution in [0.3, 0.4) is 0 Å². The summed E-state index contributed by atoms with van der Waals surface area (Å²) >= 11 is 0. The molecular weight excluding hydrogens is 540 g/mol. The Kier molecular flexibility index (Phi) is 8.51. The molecule has 0 saturated carbocycles. The van der Waals surface area contributed by atoms with Crippen LogP contribution in [0.15, 0.2) is 97.2 Å². The molecule has 1 aliphatic rings. The van der Waals surface area contributed by atoms with Crippen molar-refractivity contribution in [2.45, 2.75) is 25.4 Å². The van der Waals surface area contributed by atoms with Crippen molar-refractivity contribution in [3.63, 3.8) is 0 Å². The van der Waals surface area contributed by atoms with Crippen LogP contribution >= 0.6 is 0 Å². The second kappa shape index (κ2) is 12.4. The summed E-state index contributed by atoms with van der Waals surface area (Å²) in [6.45, 7) is 2.25. The van der Waals surface area contributed by atoms with Crippen LogP contribution in [0.1, 0.15) is 18.4 Å². The van der Waals surface area contributed by atoms with Gasteiger partial charge in [-0.1, -0.05) is 54.6 Å². The number of anilines is 2. The predicted molar refractivity (Wildman–Crippen MR) is 160 cm³/mol. The second-order valence-electron chi connectivity index (χ2n) is 10.0. The number of carbonyl (C=O) groups is 1. The van der Waals surface area contributed by atoms with Gasteiger partial charge in [0.1, 0.15) is 5.75 Å². The van der Waals surface area contributed by atoms with Gasteiger partial charge >= 0.3 is 6.09 Å². The minimum atomic E-state index is -3.34. The van der Waals surface area contributed by atoms with Crippen LogP contribution < -0.4 is 14.4 Å². The first kappa shape index (κ1) is 28.1. The van der Waals surface area contributed by atoms with E-state index in [0.29, 0.717) is 29.5 Å². The second-order valence-corrected chi connectivity index (χ2v) is 11.8. The summed E-state index contributed by atoms with van der Waals surface area (Å²) in [6.07, 6.45) is 3.40. The van der Waals surface area contributed by atoms with Gasteiger partial charge < -0.3 is 9.84 Å². The van der Waals surface area contributed by atoms with E-state index in [0.717, 1.165) is 48.9 Å². The number of pyridine rings is 1. The molecule has 41 heavy (non-hydrogen) atoms. The molecule has 0 bridgehead atoms. The van der Waals surface area contributed by atoms with Crippen LogP contribution in [0.2, 0.25) is 0 Å². The van der Waals surface area contributed by atoms with Crippen molar-refractivity contribution in [2.75, 3.05) is 29.0 Å². The third kappa shape index (κ3) is 7.41. The van der Waals surface area contributed by atoms with Crippen molar-refractivity contribution in [3.05, 3.63) is 103 Å². The number of nitrogens with one attached hydrogen (secondary N) is 1. The molecule has 1 amide bonds. The number of hydrogen-bond donors (Lipinski definition) is 2. The summed E-state index contributed by atoms with van der Waals surface area (Å²) < 4.78 is 30.9. The molecule has 2 heterocycles. The van der Waals surface area contributed by atoms with Gasteiger partial charge in [0.05, 0.1) is 11.9 Å². The Morgan fingerprint density at radius 1 is 0.976 bits per heavy atom. The average Bonchev–Trinajstić information content (AvgIpc) is 2.96. The Bertz CT molecular complexity index is 1570. The van der Waals surface area contributed by atoms with E-state index in [1.54, 1.807) is 36.5 Å². The zero-order chi connectivity index (χ0) is 28.8. The summed E-state index contributed by atoms with van der Waals surface area (Å²) in [5.41, 5.74) is 4.11. The number of hydrogen-bond acceptors (Lipinski definition) is 6. The van der Waals surface area contributed by atoms with Crippen molar-refractivity contribution >= 4 is 27.5 Å². The minimum Gasteiger partial charge on any atom is -0.465 e. The van der Waals surface area contributed by atoms with Crippen LogP contribution in [0.25, 0.3) is 11.1 Å². The molecule has 0 spiro atoms. The maximum atomic E-state index is 12.5. The average molecular weight is 573 g/mol. The minimum absolute atomic E-state index is 0.110. The molecule has 5 rings (SSSR count). The highest BCUT2D eigenvalue weighted by molar-refractivity contribution is 7.92. The van der Waals surface area contributed by atoms with Crippen LogP contribution in [0.5, 0.6) is 11.6 Å². The number of aromatic nitrogens is 1. The first-order valence-electron chi connectivity index (χ1n) is 13.3. The highest BCUT2D eigenvalue weighted by atomic mass is 32.2. The van der Waals surface area contributed by atoms with E-state index in [9.17, 15) is 18.3 Å². The third-order valence-corrected chi connectivity index (χ3v) is 7.57. The summed E-state index contributed by atoms with van der Waals surface area (Å²) in [5.74, 6) is 0.980. The zero-order valence-corrected chi connectivity index (χ0v) is 23.5. The van der Waals surface area contributed by atoms with Crippen molar-refractivity contribution in [1.82, 2.24) is 9.88 Å². The van der Waals surface area contributed by atoms with Gasteiger partial charge in [-0.05, 0) is 54.3 Å². The number of benzene rings is 3. The Hall–Kier alpha value is -4.41. The monoisotopic (exact) mass is 572 g/mol. The molecule has 0 unspecified atom stereocenters. The molecule has 2 N–H and O–H groups in total. The first-order chi connectivity index (χ1) is 19.7. The molecule has 1 saturated heterocycles. The van der Waals surface area contributed by atoms with E-state index < -0.39 is 16.1 Å². The zero-order valence-electron chi connectivity index (χ0n) is 22.7. The Labute approximate surface area is 240 Å². The number of piperidine rings is 1. The van der Waals surface area contributed by atoms with Gasteiger partial charge in [-0.2, -0.15) is 0 Å². The van der Waals surface area contributed by atoms with Crippen LogP contribution in [-0.2, 0) is 16.6 Å². The Balaban J connectivity index is 1.18. The largest absolute Gasteiger partial charge is 0.465 e. The molecule has 1 fully saturated rings. The number of ether oxygens (including phenoxy) is 1. The third-order valence-electron chi connectivity index (χ3n) is 6.96. The number of rotatable bonds is 9. The summed E-state index contributed by atoms with van der Waals surface area (Å²) in [7, 11) is -3.34. The lowest BCUT2D eigenvalue weighted by atomic mass is 9.98. The maximum absolute atomic E-state index is 12.5. The SMILES string of the molecule is CS(=O)(=O)Nc1ccc(Oc2ccc(CN3CCC(N(C(=O)O)c4ccccc4-c4ccccc4)CC3)cn2)cc1. The Morgan fingerprint density at radius 2 is 1.66 bits per heavy atom. The summed E-state index contributed by atoms with van der Waals surface area (Å²) in [4.78, 5) is 20.7. The summed E-state index contributed by atoms with van der Waals surface area (Å²) in [6, 6.07) is 27.8. The van der Waals surface area contributed by atoms with E-state index in [4.69, 9.17) is 4.74 Å². The number of likely N-dealkylation sites (tertiary alicyclic amines) is 1. The van der Waals surface area contributed by atoms with E-state index in [-0.39, 0.29) is 6.04 Å². The molecule has 4 aromatic rings. The van der Waals surface area contributed by atoms with Crippen molar-refractivity contribution < 1.29 is 23.1 Å². The molecule has 1 aromatic heterocycles. The van der Waals surface area contributed by atoms with Gasteiger partial charge in [-0.15, -0.1) is 0 Å². The lowest BCUT2D eigenvalue weighted by molar-refractivity contribution is 0.178. The number of nitrogens with zero attached hydrogens (tertiary/aromatic N) is 3. The van der Waals surface area contributed by atoms with Crippen LogP contribution in [0.4, 0.5) is 16.2 Å². The fourth-order valence-electron chi connectivity index (χ4n) is 5.09. The van der Waals surface area contributed by atoms with E-state index >= 15 is 0 Å². The van der Waals surface area contributed by atoms with Gasteiger partial charge in [0.15, 0.2) is 0 Å². The topological polar surface area (TPSA) is 112 Å². The smallest absolute Gasteiger partial charge is 0.412 e. The molecule has 9 nitrogen and oxygen atoms in total. The van der Waals surface area contributed by atoms with E-state index in [2.05, 4.69) is 14.6 Å². The number of sulfonamides is 1. The lowest BCUT2D eigenvalue weighted by Gasteiger charge is -2.38. The standard InChI is InChI=1S/C31H32N4O5S/c1-41(38,39)33-25-12-14-27(15-13-25)40-30-16-11-23(21-32-30)22-34-19-17-26(18-20-34)35(31(36)37)29-10-6-5-9-28(29)24-7-3-2-4-8-24/h2-16,21,26,33H,17-20,22H2,1H3,(H,36,37). The summed E-state index contributed by atoms with van der Waals surface area (Å²) in [5, 5.41) is 10.2.